The zero-order chi connectivity index (χ0) is 25.5. The molecule has 0 saturated heterocycles. The Labute approximate surface area is 225 Å². The van der Waals surface area contributed by atoms with Crippen molar-refractivity contribution in [3.05, 3.63) is 127 Å². The zero-order valence-corrected chi connectivity index (χ0v) is 21.6. The molecule has 0 spiro atoms. The van der Waals surface area contributed by atoms with Gasteiger partial charge in [0.15, 0.2) is 17.5 Å². The summed E-state index contributed by atoms with van der Waals surface area (Å²) in [5, 5.41) is 2.45. The zero-order valence-electron chi connectivity index (χ0n) is 20.8. The minimum Gasteiger partial charge on any atom is -0.208 e. The van der Waals surface area contributed by atoms with Crippen molar-refractivity contribution >= 4 is 31.5 Å². The minimum atomic E-state index is 0.668. The van der Waals surface area contributed by atoms with E-state index in [0.29, 0.717) is 17.5 Å². The first-order valence-corrected chi connectivity index (χ1v) is 13.4. The fourth-order valence-corrected chi connectivity index (χ4v) is 6.02. The van der Waals surface area contributed by atoms with E-state index in [4.69, 9.17) is 15.0 Å². The third-order valence-corrected chi connectivity index (χ3v) is 7.95. The van der Waals surface area contributed by atoms with Gasteiger partial charge >= 0.3 is 0 Å². The Morgan fingerprint density at radius 1 is 0.474 bits per heavy atom. The van der Waals surface area contributed by atoms with E-state index in [9.17, 15) is 0 Å². The molecule has 2 heterocycles. The summed E-state index contributed by atoms with van der Waals surface area (Å²) in [5.41, 5.74) is 6.55. The van der Waals surface area contributed by atoms with Crippen molar-refractivity contribution < 1.29 is 0 Å². The Kier molecular flexibility index (Phi) is 5.53. The molecule has 0 radical (unpaired) electrons. The largest absolute Gasteiger partial charge is 0.208 e. The van der Waals surface area contributed by atoms with Crippen LogP contribution < -0.4 is 0 Å². The van der Waals surface area contributed by atoms with Gasteiger partial charge in [0.25, 0.3) is 0 Å². The van der Waals surface area contributed by atoms with Crippen LogP contribution in [0, 0.1) is 6.92 Å². The van der Waals surface area contributed by atoms with E-state index in [0.717, 1.165) is 22.3 Å². The SMILES string of the molecule is Cc1ccc2sc3cccc(-c4nc(-c5ccccc5)nc(-c5ccc(-c6ccccc6)cc5)n4)c3c2c1. The predicted molar refractivity (Wildman–Crippen MR) is 159 cm³/mol. The molecule has 0 aliphatic rings. The molecular weight excluding hydrogens is 482 g/mol. The average Bonchev–Trinajstić information content (AvgIpc) is 3.36. The van der Waals surface area contributed by atoms with Crippen LogP contribution >= 0.6 is 11.3 Å². The topological polar surface area (TPSA) is 38.7 Å². The normalized spacial score (nSPS) is 11.3. The highest BCUT2D eigenvalue weighted by molar-refractivity contribution is 7.25. The van der Waals surface area contributed by atoms with Gasteiger partial charge in [0.1, 0.15) is 0 Å². The third-order valence-electron chi connectivity index (χ3n) is 6.81. The minimum absolute atomic E-state index is 0.668. The molecule has 0 fully saturated rings. The molecule has 4 heteroatoms. The summed E-state index contributed by atoms with van der Waals surface area (Å²) in [4.78, 5) is 15.0. The lowest BCUT2D eigenvalue weighted by Gasteiger charge is -2.10. The second-order valence-electron chi connectivity index (χ2n) is 9.40. The van der Waals surface area contributed by atoms with Crippen molar-refractivity contribution in [2.24, 2.45) is 0 Å². The monoisotopic (exact) mass is 505 g/mol. The summed E-state index contributed by atoms with van der Waals surface area (Å²) in [6.07, 6.45) is 0. The van der Waals surface area contributed by atoms with Crippen LogP contribution in [0.5, 0.6) is 0 Å². The van der Waals surface area contributed by atoms with Crippen LogP contribution in [0.4, 0.5) is 0 Å². The standard InChI is InChI=1S/C34H23N3S/c1-22-15-20-29-28(21-22)31-27(13-8-14-30(31)38-29)34-36-32(25-11-6-3-7-12-25)35-33(37-34)26-18-16-24(17-19-26)23-9-4-2-5-10-23/h2-21H,1H3. The highest BCUT2D eigenvalue weighted by Gasteiger charge is 2.17. The molecule has 7 rings (SSSR count). The van der Waals surface area contributed by atoms with Crippen molar-refractivity contribution in [1.29, 1.82) is 0 Å². The van der Waals surface area contributed by atoms with Crippen molar-refractivity contribution in [2.45, 2.75) is 6.92 Å². The quantitative estimate of drug-likeness (QED) is 0.239. The van der Waals surface area contributed by atoms with E-state index in [2.05, 4.69) is 91.9 Å². The Balaban J connectivity index is 1.43. The number of rotatable bonds is 4. The Hall–Kier alpha value is -4.67. The Bertz CT molecular complexity index is 1910. The number of hydrogen-bond acceptors (Lipinski definition) is 4. The summed E-state index contributed by atoms with van der Waals surface area (Å²) in [6, 6.07) is 42.0. The predicted octanol–water partition coefficient (Wildman–Crippen LogP) is 9.22. The van der Waals surface area contributed by atoms with Gasteiger partial charge in [-0.2, -0.15) is 0 Å². The van der Waals surface area contributed by atoms with Crippen molar-refractivity contribution in [3.63, 3.8) is 0 Å². The van der Waals surface area contributed by atoms with E-state index >= 15 is 0 Å². The van der Waals surface area contributed by atoms with Gasteiger partial charge < -0.3 is 0 Å². The molecule has 0 atom stereocenters. The average molecular weight is 506 g/mol. The first-order chi connectivity index (χ1) is 18.7. The van der Waals surface area contributed by atoms with Crippen LogP contribution in [0.1, 0.15) is 5.56 Å². The number of aromatic nitrogens is 3. The van der Waals surface area contributed by atoms with Gasteiger partial charge in [-0.15, -0.1) is 11.3 Å². The van der Waals surface area contributed by atoms with Crippen molar-refractivity contribution in [3.8, 4) is 45.3 Å². The number of fused-ring (bicyclic) bond motifs is 3. The molecule has 0 saturated carbocycles. The molecule has 2 aromatic heterocycles. The fourth-order valence-electron chi connectivity index (χ4n) is 4.91. The van der Waals surface area contributed by atoms with Gasteiger partial charge in [-0.25, -0.2) is 15.0 Å². The summed E-state index contributed by atoms with van der Waals surface area (Å²) in [7, 11) is 0. The number of hydrogen-bond donors (Lipinski definition) is 0. The highest BCUT2D eigenvalue weighted by atomic mass is 32.1. The maximum atomic E-state index is 5.04. The van der Waals surface area contributed by atoms with Crippen molar-refractivity contribution in [1.82, 2.24) is 15.0 Å². The second kappa shape index (κ2) is 9.33. The third kappa shape index (κ3) is 4.05. The number of thiophene rings is 1. The molecule has 0 unspecified atom stereocenters. The van der Waals surface area contributed by atoms with Crippen LogP contribution in [0.3, 0.4) is 0 Å². The van der Waals surface area contributed by atoms with Gasteiger partial charge in [0.2, 0.25) is 0 Å². The maximum absolute atomic E-state index is 5.04. The molecule has 7 aromatic rings. The summed E-state index contributed by atoms with van der Waals surface area (Å²) in [6.45, 7) is 2.14. The molecule has 3 nitrogen and oxygen atoms in total. The lowest BCUT2D eigenvalue weighted by molar-refractivity contribution is 1.08. The molecule has 0 aliphatic heterocycles. The summed E-state index contributed by atoms with van der Waals surface area (Å²) >= 11 is 1.81. The molecule has 38 heavy (non-hydrogen) atoms. The van der Waals surface area contributed by atoms with E-state index in [1.54, 1.807) is 0 Å². The van der Waals surface area contributed by atoms with Gasteiger partial charge in [-0.1, -0.05) is 109 Å². The first kappa shape index (κ1) is 22.5. The Morgan fingerprint density at radius 3 is 1.76 bits per heavy atom. The summed E-state index contributed by atoms with van der Waals surface area (Å²) in [5.74, 6) is 2.03. The van der Waals surface area contributed by atoms with Crippen LogP contribution in [0.2, 0.25) is 0 Å². The van der Waals surface area contributed by atoms with Crippen molar-refractivity contribution in [2.75, 3.05) is 0 Å². The highest BCUT2D eigenvalue weighted by Crippen LogP contribution is 2.40. The van der Waals surface area contributed by atoms with Gasteiger partial charge in [0, 0.05) is 36.9 Å². The molecular formula is C34H23N3S. The van der Waals surface area contributed by atoms with Crippen LogP contribution in [-0.4, -0.2) is 15.0 Å². The molecule has 0 aliphatic carbocycles. The summed E-state index contributed by atoms with van der Waals surface area (Å²) < 4.78 is 2.51. The Morgan fingerprint density at radius 2 is 1.05 bits per heavy atom. The van der Waals surface area contributed by atoms with E-state index in [1.165, 1.54) is 31.3 Å². The van der Waals surface area contributed by atoms with Crippen LogP contribution in [-0.2, 0) is 0 Å². The van der Waals surface area contributed by atoms with Crippen LogP contribution in [0.25, 0.3) is 65.5 Å². The fraction of sp³-hybridized carbons (Fsp3) is 0.0294. The smallest absolute Gasteiger partial charge is 0.164 e. The molecule has 0 bridgehead atoms. The number of nitrogens with zero attached hydrogens (tertiary/aromatic N) is 3. The van der Waals surface area contributed by atoms with Gasteiger partial charge in [0.05, 0.1) is 0 Å². The lowest BCUT2D eigenvalue weighted by Crippen LogP contribution is -2.00. The van der Waals surface area contributed by atoms with Gasteiger partial charge in [-0.05, 0) is 36.2 Å². The first-order valence-electron chi connectivity index (χ1n) is 12.6. The van der Waals surface area contributed by atoms with Gasteiger partial charge in [-0.3, -0.25) is 0 Å². The van der Waals surface area contributed by atoms with E-state index in [1.807, 2.05) is 47.7 Å². The lowest BCUT2D eigenvalue weighted by atomic mass is 10.0. The van der Waals surface area contributed by atoms with E-state index in [-0.39, 0.29) is 0 Å². The second-order valence-corrected chi connectivity index (χ2v) is 10.5. The number of benzene rings is 5. The number of aryl methyl sites for hydroxylation is 1. The molecule has 180 valence electrons. The van der Waals surface area contributed by atoms with Crippen LogP contribution in [0.15, 0.2) is 121 Å². The van der Waals surface area contributed by atoms with E-state index < -0.39 is 0 Å². The molecule has 0 amide bonds. The molecule has 5 aromatic carbocycles. The molecule has 0 N–H and O–H groups in total. The maximum Gasteiger partial charge on any atom is 0.164 e.